The monoisotopic (exact) mass is 601 g/mol. The molecule has 0 atom stereocenters. The average molecular weight is 602 g/mol. The molecule has 1 amide bonds. The van der Waals surface area contributed by atoms with Gasteiger partial charge in [0.15, 0.2) is 0 Å². The quantitative estimate of drug-likeness (QED) is 0.234. The lowest BCUT2D eigenvalue weighted by Crippen LogP contribution is -2.42. The molecule has 0 aliphatic heterocycles. The Morgan fingerprint density at radius 2 is 1.63 bits per heavy atom. The van der Waals surface area contributed by atoms with Gasteiger partial charge in [-0.1, -0.05) is 12.1 Å². The summed E-state index contributed by atoms with van der Waals surface area (Å²) in [6, 6.07) is 12.6. The van der Waals surface area contributed by atoms with Crippen molar-refractivity contribution in [1.29, 1.82) is 0 Å². The summed E-state index contributed by atoms with van der Waals surface area (Å²) in [6.07, 6.45) is 11.6. The number of amides is 1. The van der Waals surface area contributed by atoms with Gasteiger partial charge < -0.3 is 14.4 Å². The summed E-state index contributed by atoms with van der Waals surface area (Å²) in [6.45, 7) is 2.72. The number of ether oxygens (including phenoxy) is 2. The van der Waals surface area contributed by atoms with Crippen LogP contribution in [0.2, 0.25) is 0 Å². The van der Waals surface area contributed by atoms with Gasteiger partial charge in [0.1, 0.15) is 5.75 Å². The van der Waals surface area contributed by atoms with Crippen molar-refractivity contribution in [3.8, 4) is 16.2 Å². The number of benzene rings is 1. The number of esters is 1. The number of thiazole rings is 1. The molecule has 0 spiro atoms. The van der Waals surface area contributed by atoms with Crippen LogP contribution in [0.5, 0.6) is 5.75 Å². The Kier molecular flexibility index (Phi) is 9.12. The van der Waals surface area contributed by atoms with Crippen LogP contribution in [0.15, 0.2) is 42.6 Å². The zero-order valence-corrected chi connectivity index (χ0v) is 26.4. The maximum atomic E-state index is 14.2. The number of aryl methyl sites for hydroxylation is 1. The fourth-order valence-corrected chi connectivity index (χ4v) is 8.05. The van der Waals surface area contributed by atoms with Crippen molar-refractivity contribution in [1.82, 2.24) is 9.97 Å². The predicted octanol–water partition coefficient (Wildman–Crippen LogP) is 7.69. The summed E-state index contributed by atoms with van der Waals surface area (Å²) in [7, 11) is 3.14. The Morgan fingerprint density at radius 1 is 0.907 bits per heavy atom. The van der Waals surface area contributed by atoms with E-state index in [2.05, 4.69) is 35.2 Å². The Labute approximate surface area is 259 Å². The number of methoxy groups -OCH3 is 2. The van der Waals surface area contributed by atoms with E-state index in [1.54, 1.807) is 18.4 Å². The molecule has 2 heterocycles. The molecule has 3 aliphatic rings. The smallest absolute Gasteiger partial charge is 0.308 e. The lowest BCUT2D eigenvalue weighted by molar-refractivity contribution is -0.147. The van der Waals surface area contributed by atoms with Crippen LogP contribution in [0, 0.1) is 24.7 Å². The number of rotatable bonds is 9. The molecule has 0 radical (unpaired) electrons. The van der Waals surface area contributed by atoms with Crippen molar-refractivity contribution in [3.63, 3.8) is 0 Å². The highest BCUT2D eigenvalue weighted by Gasteiger charge is 2.35. The summed E-state index contributed by atoms with van der Waals surface area (Å²) < 4.78 is 10.4. The van der Waals surface area contributed by atoms with Crippen molar-refractivity contribution in [2.45, 2.75) is 83.0 Å². The molecular formula is C35H43N3O4S. The number of nitrogens with zero attached hydrogens (tertiary/aromatic N) is 3. The molecule has 7 nitrogen and oxygen atoms in total. The zero-order chi connectivity index (χ0) is 29.9. The van der Waals surface area contributed by atoms with Gasteiger partial charge in [0.05, 0.1) is 35.7 Å². The topological polar surface area (TPSA) is 81.6 Å². The van der Waals surface area contributed by atoms with Gasteiger partial charge in [-0.05, 0) is 107 Å². The molecule has 3 aliphatic carbocycles. The minimum Gasteiger partial charge on any atom is -0.495 e. The van der Waals surface area contributed by atoms with E-state index in [9.17, 15) is 9.59 Å². The van der Waals surface area contributed by atoms with Crippen LogP contribution in [0.3, 0.4) is 0 Å². The second kappa shape index (κ2) is 13.2. The van der Waals surface area contributed by atoms with E-state index in [0.717, 1.165) is 78.3 Å². The summed E-state index contributed by atoms with van der Waals surface area (Å²) >= 11 is 1.78. The van der Waals surface area contributed by atoms with Gasteiger partial charge in [-0.3, -0.25) is 14.6 Å². The minimum atomic E-state index is -0.149. The first-order valence-electron chi connectivity index (χ1n) is 15.9. The van der Waals surface area contributed by atoms with E-state index in [0.29, 0.717) is 30.6 Å². The number of hydrogen-bond donors (Lipinski definition) is 0. The van der Waals surface area contributed by atoms with Crippen molar-refractivity contribution in [2.24, 2.45) is 17.8 Å². The van der Waals surface area contributed by atoms with E-state index in [1.807, 2.05) is 19.2 Å². The molecule has 1 aromatic carbocycles. The van der Waals surface area contributed by atoms with Crippen molar-refractivity contribution < 1.29 is 19.1 Å². The van der Waals surface area contributed by atoms with Crippen LogP contribution < -0.4 is 9.64 Å². The number of aromatic nitrogens is 2. The number of anilines is 1. The van der Waals surface area contributed by atoms with E-state index in [1.165, 1.54) is 25.0 Å². The van der Waals surface area contributed by atoms with Gasteiger partial charge in [0.25, 0.3) is 0 Å². The van der Waals surface area contributed by atoms with Crippen LogP contribution in [-0.2, 0) is 14.3 Å². The fraction of sp³-hybridized carbons (Fsp3) is 0.543. The molecule has 0 saturated heterocycles. The molecule has 228 valence electrons. The molecule has 3 fully saturated rings. The number of hydrogen-bond acceptors (Lipinski definition) is 7. The standard InChI is InChI=1S/C35H43N3O4S/c1-22-31(41-2)18-17-30(37-22)24-9-7-23(8-10-24)21-38(34(39)26-13-15-27(16-14-26)35(40)42-3)29-6-4-5-28(19-29)32-20-36-33(43-32)25-11-12-25/h4-6,17-20,23-27H,7-16,21H2,1-3H3/t23-,24-,26-,27-. The fourth-order valence-electron chi connectivity index (χ4n) is 6.96. The molecule has 0 unspecified atom stereocenters. The molecule has 6 rings (SSSR count). The Morgan fingerprint density at radius 3 is 2.30 bits per heavy atom. The first-order valence-corrected chi connectivity index (χ1v) is 16.7. The van der Waals surface area contributed by atoms with Crippen LogP contribution in [-0.4, -0.2) is 42.6 Å². The number of carbonyl (C=O) groups excluding carboxylic acids is 2. The minimum absolute atomic E-state index is 0.0720. The van der Waals surface area contributed by atoms with Gasteiger partial charge in [-0.25, -0.2) is 4.98 Å². The summed E-state index contributed by atoms with van der Waals surface area (Å²) in [5, 5.41) is 1.23. The summed E-state index contributed by atoms with van der Waals surface area (Å²) in [5.74, 6) is 2.21. The molecule has 8 heteroatoms. The van der Waals surface area contributed by atoms with Gasteiger partial charge >= 0.3 is 5.97 Å². The third-order valence-corrected chi connectivity index (χ3v) is 11.0. The number of pyridine rings is 1. The second-order valence-corrected chi connectivity index (χ2v) is 13.7. The molecule has 0 bridgehead atoms. The Hall–Kier alpha value is -3.26. The van der Waals surface area contributed by atoms with E-state index >= 15 is 0 Å². The third kappa shape index (κ3) is 6.79. The highest BCUT2D eigenvalue weighted by atomic mass is 32.1. The lowest BCUT2D eigenvalue weighted by atomic mass is 9.79. The van der Waals surface area contributed by atoms with Gasteiger partial charge in [-0.15, -0.1) is 11.3 Å². The van der Waals surface area contributed by atoms with Gasteiger partial charge in [-0.2, -0.15) is 0 Å². The van der Waals surface area contributed by atoms with Crippen LogP contribution in [0.1, 0.15) is 92.4 Å². The predicted molar refractivity (Wildman–Crippen MR) is 170 cm³/mol. The number of carbonyl (C=O) groups is 2. The lowest BCUT2D eigenvalue weighted by Gasteiger charge is -2.36. The van der Waals surface area contributed by atoms with E-state index < -0.39 is 0 Å². The van der Waals surface area contributed by atoms with Crippen LogP contribution >= 0.6 is 11.3 Å². The van der Waals surface area contributed by atoms with Gasteiger partial charge in [0.2, 0.25) is 5.91 Å². The first-order chi connectivity index (χ1) is 20.9. The summed E-state index contributed by atoms with van der Waals surface area (Å²) in [5.41, 5.74) is 4.17. The Bertz CT molecular complexity index is 1430. The van der Waals surface area contributed by atoms with Crippen LogP contribution in [0.4, 0.5) is 5.69 Å². The molecule has 2 aromatic heterocycles. The van der Waals surface area contributed by atoms with Crippen molar-refractivity contribution in [3.05, 3.63) is 59.0 Å². The highest BCUT2D eigenvalue weighted by molar-refractivity contribution is 7.15. The molecule has 3 saturated carbocycles. The SMILES string of the molecule is COc1ccc([C@H]2CC[C@H](CN(c3cccc(-c4cnc(C5CC5)s4)c3)C(=O)[C@H]3CC[C@H](C(=O)OC)CC3)CC2)nc1C. The molecule has 43 heavy (non-hydrogen) atoms. The largest absolute Gasteiger partial charge is 0.495 e. The summed E-state index contributed by atoms with van der Waals surface area (Å²) in [4.78, 5) is 39.1. The highest BCUT2D eigenvalue weighted by Crippen LogP contribution is 2.44. The molecule has 0 N–H and O–H groups in total. The maximum Gasteiger partial charge on any atom is 0.308 e. The maximum absolute atomic E-state index is 14.2. The van der Waals surface area contributed by atoms with Crippen LogP contribution in [0.25, 0.3) is 10.4 Å². The van der Waals surface area contributed by atoms with Crippen molar-refractivity contribution >= 4 is 28.9 Å². The van der Waals surface area contributed by atoms with Crippen molar-refractivity contribution in [2.75, 3.05) is 25.7 Å². The average Bonchev–Trinajstić information content (AvgIpc) is 3.79. The zero-order valence-electron chi connectivity index (χ0n) is 25.6. The molecular weight excluding hydrogens is 558 g/mol. The van der Waals surface area contributed by atoms with Gasteiger partial charge in [0, 0.05) is 41.9 Å². The molecule has 3 aromatic rings. The first kappa shape index (κ1) is 29.8. The van der Waals surface area contributed by atoms with E-state index in [-0.39, 0.29) is 23.7 Å². The van der Waals surface area contributed by atoms with E-state index in [4.69, 9.17) is 19.4 Å². The second-order valence-electron chi connectivity index (χ2n) is 12.6. The Balaban J connectivity index is 1.19. The normalized spacial score (nSPS) is 23.9. The third-order valence-electron chi connectivity index (χ3n) is 9.75.